The smallest absolute Gasteiger partial charge is 0.222 e. The third-order valence-corrected chi connectivity index (χ3v) is 6.02. The average molecular weight is 446 g/mol. The second kappa shape index (κ2) is 11.4. The topological polar surface area (TPSA) is 53.8 Å². The minimum absolute atomic E-state index is 0.131. The molecule has 1 aromatic carbocycles. The third kappa shape index (κ3) is 5.86. The minimum atomic E-state index is -0.294. The SMILES string of the molecule is CCCCC(=O)N(CCOC)Cc1c(C)nn(-c2cccc(F)c2)c1N1CCN(C)CC1. The Morgan fingerprint density at radius 3 is 2.66 bits per heavy atom. The molecular weight excluding hydrogens is 409 g/mol. The lowest BCUT2D eigenvalue weighted by Gasteiger charge is -2.35. The summed E-state index contributed by atoms with van der Waals surface area (Å²) in [5.41, 5.74) is 2.56. The molecule has 1 saturated heterocycles. The normalized spacial score (nSPS) is 14.7. The second-order valence-corrected chi connectivity index (χ2v) is 8.48. The molecule has 1 aliphatic heterocycles. The Labute approximate surface area is 190 Å². The van der Waals surface area contributed by atoms with Crippen LogP contribution in [0.15, 0.2) is 24.3 Å². The summed E-state index contributed by atoms with van der Waals surface area (Å²) in [5.74, 6) is 0.788. The minimum Gasteiger partial charge on any atom is -0.383 e. The van der Waals surface area contributed by atoms with Crippen LogP contribution in [-0.2, 0) is 16.1 Å². The van der Waals surface area contributed by atoms with Crippen LogP contribution in [0.1, 0.15) is 37.4 Å². The highest BCUT2D eigenvalue weighted by Crippen LogP contribution is 2.30. The van der Waals surface area contributed by atoms with E-state index in [1.807, 2.05) is 22.6 Å². The van der Waals surface area contributed by atoms with Crippen molar-refractivity contribution in [2.24, 2.45) is 0 Å². The number of piperazine rings is 1. The van der Waals surface area contributed by atoms with Crippen LogP contribution in [0.5, 0.6) is 0 Å². The van der Waals surface area contributed by atoms with E-state index in [0.717, 1.165) is 56.1 Å². The van der Waals surface area contributed by atoms with Crippen LogP contribution in [0.3, 0.4) is 0 Å². The average Bonchev–Trinajstić information content (AvgIpc) is 3.11. The van der Waals surface area contributed by atoms with Crippen molar-refractivity contribution in [1.82, 2.24) is 19.6 Å². The maximum absolute atomic E-state index is 14.0. The predicted octanol–water partition coefficient (Wildman–Crippen LogP) is 3.24. The number of halogens is 1. The largest absolute Gasteiger partial charge is 0.383 e. The highest BCUT2D eigenvalue weighted by atomic mass is 19.1. The number of unbranched alkanes of at least 4 members (excludes halogenated alkanes) is 1. The van der Waals surface area contributed by atoms with Gasteiger partial charge in [0.15, 0.2) is 0 Å². The van der Waals surface area contributed by atoms with E-state index in [-0.39, 0.29) is 11.7 Å². The van der Waals surface area contributed by atoms with Crippen molar-refractivity contribution in [2.45, 2.75) is 39.7 Å². The lowest BCUT2D eigenvalue weighted by molar-refractivity contribution is -0.132. The van der Waals surface area contributed by atoms with Crippen molar-refractivity contribution in [1.29, 1.82) is 0 Å². The van der Waals surface area contributed by atoms with Gasteiger partial charge in [0.1, 0.15) is 11.6 Å². The van der Waals surface area contributed by atoms with Crippen LogP contribution < -0.4 is 4.90 Å². The first kappa shape index (κ1) is 24.2. The van der Waals surface area contributed by atoms with E-state index in [9.17, 15) is 9.18 Å². The molecule has 0 bridgehead atoms. The van der Waals surface area contributed by atoms with Gasteiger partial charge in [0.2, 0.25) is 5.91 Å². The Balaban J connectivity index is 2.00. The monoisotopic (exact) mass is 445 g/mol. The zero-order valence-corrected chi connectivity index (χ0v) is 19.8. The number of ether oxygens (including phenoxy) is 1. The predicted molar refractivity (Wildman–Crippen MR) is 125 cm³/mol. The number of aryl methyl sites for hydroxylation is 1. The molecule has 2 heterocycles. The van der Waals surface area contributed by atoms with Crippen LogP contribution in [0.2, 0.25) is 0 Å². The van der Waals surface area contributed by atoms with Gasteiger partial charge in [0.25, 0.3) is 0 Å². The van der Waals surface area contributed by atoms with Gasteiger partial charge >= 0.3 is 0 Å². The maximum Gasteiger partial charge on any atom is 0.222 e. The van der Waals surface area contributed by atoms with Crippen molar-refractivity contribution in [2.75, 3.05) is 58.4 Å². The molecule has 0 aliphatic carbocycles. The first-order valence-electron chi connectivity index (χ1n) is 11.5. The van der Waals surface area contributed by atoms with E-state index in [1.54, 1.807) is 13.2 Å². The number of amides is 1. The number of methoxy groups -OCH3 is 1. The van der Waals surface area contributed by atoms with Gasteiger partial charge in [-0.2, -0.15) is 5.10 Å². The number of aromatic nitrogens is 2. The Morgan fingerprint density at radius 2 is 2.00 bits per heavy atom. The van der Waals surface area contributed by atoms with Crippen LogP contribution in [-0.4, -0.2) is 79.0 Å². The first-order valence-corrected chi connectivity index (χ1v) is 11.5. The van der Waals surface area contributed by atoms with Gasteiger partial charge in [-0.1, -0.05) is 19.4 Å². The third-order valence-electron chi connectivity index (χ3n) is 6.02. The number of likely N-dealkylation sites (N-methyl/N-ethyl adjacent to an activating group) is 1. The van der Waals surface area contributed by atoms with Gasteiger partial charge in [0.05, 0.1) is 24.5 Å². The van der Waals surface area contributed by atoms with E-state index in [4.69, 9.17) is 9.84 Å². The molecule has 1 amide bonds. The van der Waals surface area contributed by atoms with E-state index >= 15 is 0 Å². The van der Waals surface area contributed by atoms with E-state index in [0.29, 0.717) is 31.8 Å². The molecule has 1 fully saturated rings. The fourth-order valence-corrected chi connectivity index (χ4v) is 4.03. The molecule has 2 aromatic rings. The van der Waals surface area contributed by atoms with E-state index in [1.165, 1.54) is 12.1 Å². The Hall–Kier alpha value is -2.45. The summed E-state index contributed by atoms with van der Waals surface area (Å²) in [6.45, 7) is 9.13. The summed E-state index contributed by atoms with van der Waals surface area (Å²) in [7, 11) is 3.77. The molecule has 0 saturated carbocycles. The van der Waals surface area contributed by atoms with Crippen LogP contribution in [0.4, 0.5) is 10.2 Å². The Kier molecular flexibility index (Phi) is 8.64. The van der Waals surface area contributed by atoms with Crippen molar-refractivity contribution in [3.63, 3.8) is 0 Å². The van der Waals surface area contributed by atoms with Crippen molar-refractivity contribution >= 4 is 11.7 Å². The number of nitrogens with zero attached hydrogens (tertiary/aromatic N) is 5. The molecule has 8 heteroatoms. The molecular formula is C24H36FN5O2. The van der Waals surface area contributed by atoms with E-state index < -0.39 is 0 Å². The maximum atomic E-state index is 14.0. The van der Waals surface area contributed by atoms with E-state index in [2.05, 4.69) is 23.8 Å². The fraction of sp³-hybridized carbons (Fsp3) is 0.583. The molecule has 7 nitrogen and oxygen atoms in total. The number of carbonyl (C=O) groups excluding carboxylic acids is 1. The zero-order chi connectivity index (χ0) is 23.1. The van der Waals surface area contributed by atoms with Gasteiger partial charge in [-0.25, -0.2) is 9.07 Å². The summed E-state index contributed by atoms with van der Waals surface area (Å²) < 4.78 is 21.1. The number of benzene rings is 1. The summed E-state index contributed by atoms with van der Waals surface area (Å²) >= 11 is 0. The van der Waals surface area contributed by atoms with Gasteiger partial charge in [0, 0.05) is 51.8 Å². The molecule has 0 N–H and O–H groups in total. The van der Waals surface area contributed by atoms with Crippen molar-refractivity contribution in [3.8, 4) is 5.69 Å². The molecule has 1 aliphatic rings. The lowest BCUT2D eigenvalue weighted by Crippen LogP contribution is -2.45. The fourth-order valence-electron chi connectivity index (χ4n) is 4.03. The van der Waals surface area contributed by atoms with Crippen LogP contribution in [0.25, 0.3) is 5.69 Å². The molecule has 0 atom stereocenters. The van der Waals surface area contributed by atoms with Crippen molar-refractivity contribution < 1.29 is 13.9 Å². The van der Waals surface area contributed by atoms with Gasteiger partial charge in [-0.3, -0.25) is 4.79 Å². The molecule has 0 unspecified atom stereocenters. The van der Waals surface area contributed by atoms with Gasteiger partial charge in [-0.05, 0) is 38.6 Å². The molecule has 3 rings (SSSR count). The van der Waals surface area contributed by atoms with Gasteiger partial charge in [-0.15, -0.1) is 0 Å². The quantitative estimate of drug-likeness (QED) is 0.562. The molecule has 1 aromatic heterocycles. The molecule has 176 valence electrons. The molecule has 32 heavy (non-hydrogen) atoms. The molecule has 0 radical (unpaired) electrons. The Bertz CT molecular complexity index is 893. The first-order chi connectivity index (χ1) is 15.4. The highest BCUT2D eigenvalue weighted by Gasteiger charge is 2.27. The van der Waals surface area contributed by atoms with Crippen LogP contribution >= 0.6 is 0 Å². The van der Waals surface area contributed by atoms with Crippen molar-refractivity contribution in [3.05, 3.63) is 41.3 Å². The zero-order valence-electron chi connectivity index (χ0n) is 19.8. The lowest BCUT2D eigenvalue weighted by atomic mass is 10.1. The number of hydrogen-bond donors (Lipinski definition) is 0. The summed E-state index contributed by atoms with van der Waals surface area (Å²) in [6, 6.07) is 6.52. The summed E-state index contributed by atoms with van der Waals surface area (Å²) in [4.78, 5) is 19.4. The number of carbonyl (C=O) groups is 1. The molecule has 0 spiro atoms. The van der Waals surface area contributed by atoms with Crippen LogP contribution in [0, 0.1) is 12.7 Å². The summed E-state index contributed by atoms with van der Waals surface area (Å²) in [6.07, 6.45) is 2.38. The summed E-state index contributed by atoms with van der Waals surface area (Å²) in [5, 5.41) is 4.80. The number of hydrogen-bond acceptors (Lipinski definition) is 5. The number of rotatable bonds is 10. The highest BCUT2D eigenvalue weighted by molar-refractivity contribution is 5.76. The van der Waals surface area contributed by atoms with Gasteiger partial charge < -0.3 is 19.4 Å². The Morgan fingerprint density at radius 1 is 1.25 bits per heavy atom. The standard InChI is InChI=1S/C24H36FN5O2/c1-5-6-10-23(31)29(15-16-32-4)18-22-19(2)26-30(21-9-7-8-20(25)17-21)24(22)28-13-11-27(3)12-14-28/h7-9,17H,5-6,10-16,18H2,1-4H3. The number of anilines is 1. The second-order valence-electron chi connectivity index (χ2n) is 8.48.